The van der Waals surface area contributed by atoms with E-state index in [0.717, 1.165) is 39.6 Å². The van der Waals surface area contributed by atoms with Crippen molar-refractivity contribution in [2.75, 3.05) is 11.9 Å². The van der Waals surface area contributed by atoms with Gasteiger partial charge in [0, 0.05) is 64.8 Å². The van der Waals surface area contributed by atoms with Crippen LogP contribution >= 0.6 is 0 Å². The molecule has 12 heteroatoms. The molecule has 6 heterocycles. The van der Waals surface area contributed by atoms with Crippen LogP contribution in [0.15, 0.2) is 139 Å². The molecule has 0 bridgehead atoms. The second-order valence-electron chi connectivity index (χ2n) is 11.9. The third-order valence-corrected chi connectivity index (χ3v) is 8.78. The fraction of sp³-hybridized carbons (Fsp3) is 0.0256. The van der Waals surface area contributed by atoms with E-state index in [2.05, 4.69) is 55.2 Å². The quantitative estimate of drug-likeness (QED) is 0.197. The summed E-state index contributed by atoms with van der Waals surface area (Å²) >= 11 is 0. The van der Waals surface area contributed by atoms with Crippen molar-refractivity contribution in [3.63, 3.8) is 0 Å². The van der Waals surface area contributed by atoms with Gasteiger partial charge in [-0.15, -0.1) is 0 Å². The number of benzene rings is 4. The largest absolute Gasteiger partial charge is 0.363 e. The van der Waals surface area contributed by atoms with Gasteiger partial charge in [0.25, 0.3) is 0 Å². The minimum absolute atomic E-state index is 0.535. The first-order chi connectivity index (χ1) is 25.3. The lowest BCUT2D eigenvalue weighted by Gasteiger charge is -2.16. The lowest BCUT2D eigenvalue weighted by atomic mass is 10.0. The summed E-state index contributed by atoms with van der Waals surface area (Å²) in [5.74, 6) is 3.48. The first kappa shape index (κ1) is 28.7. The molecular formula is C39H26N12. The van der Waals surface area contributed by atoms with Gasteiger partial charge in [-0.25, -0.2) is 39.9 Å². The Labute approximate surface area is 290 Å². The van der Waals surface area contributed by atoms with E-state index in [-0.39, 0.29) is 0 Å². The highest BCUT2D eigenvalue weighted by Crippen LogP contribution is 2.40. The molecule has 10 rings (SSSR count). The van der Waals surface area contributed by atoms with Crippen molar-refractivity contribution in [3.05, 3.63) is 134 Å². The van der Waals surface area contributed by atoms with Crippen LogP contribution in [-0.4, -0.2) is 61.3 Å². The second kappa shape index (κ2) is 11.7. The third kappa shape index (κ3) is 4.76. The van der Waals surface area contributed by atoms with E-state index in [1.54, 1.807) is 24.8 Å². The molecule has 1 N–H and O–H groups in total. The van der Waals surface area contributed by atoms with Crippen LogP contribution in [0.3, 0.4) is 0 Å². The van der Waals surface area contributed by atoms with Gasteiger partial charge in [-0.05, 0) is 54.6 Å². The van der Waals surface area contributed by atoms with E-state index in [4.69, 9.17) is 24.9 Å². The smallest absolute Gasteiger partial charge is 0.198 e. The van der Waals surface area contributed by atoms with Gasteiger partial charge < -0.3 is 5.32 Å². The summed E-state index contributed by atoms with van der Waals surface area (Å²) in [5, 5.41) is 3.49. The summed E-state index contributed by atoms with van der Waals surface area (Å²) in [4.78, 5) is 38.5. The molecule has 0 saturated heterocycles. The molecular weight excluding hydrogens is 637 g/mol. The highest BCUT2D eigenvalue weighted by atomic mass is 15.2. The Hall–Kier alpha value is -7.34. The topological polar surface area (TPSA) is 129 Å². The maximum absolute atomic E-state index is 5.11. The second-order valence-corrected chi connectivity index (χ2v) is 11.9. The minimum atomic E-state index is 0.535. The summed E-state index contributed by atoms with van der Waals surface area (Å²) < 4.78 is 6.19. The zero-order chi connectivity index (χ0) is 33.7. The Balaban J connectivity index is 1.30. The zero-order valence-corrected chi connectivity index (χ0v) is 26.9. The van der Waals surface area contributed by atoms with Crippen LogP contribution in [0.25, 0.3) is 73.8 Å². The number of rotatable bonds is 6. The Bertz CT molecular complexity index is 2610. The van der Waals surface area contributed by atoms with E-state index in [9.17, 15) is 0 Å². The van der Waals surface area contributed by atoms with Crippen molar-refractivity contribution < 1.29 is 0 Å². The molecule has 0 aliphatic carbocycles. The van der Waals surface area contributed by atoms with Crippen molar-refractivity contribution in [2.24, 2.45) is 4.99 Å². The number of aliphatic imine (C=N–C) groups is 1. The molecule has 0 spiro atoms. The molecule has 0 saturated carbocycles. The summed E-state index contributed by atoms with van der Waals surface area (Å²) in [6, 6.07) is 36.6. The maximum Gasteiger partial charge on any atom is 0.198 e. The summed E-state index contributed by atoms with van der Waals surface area (Å²) in [5.41, 5.74) is 7.60. The van der Waals surface area contributed by atoms with Gasteiger partial charge in [-0.3, -0.25) is 13.7 Å². The molecule has 0 amide bonds. The minimum Gasteiger partial charge on any atom is -0.363 e. The lowest BCUT2D eigenvalue weighted by Crippen LogP contribution is -2.11. The number of hydrogen-bond acceptors (Lipinski definition) is 9. The van der Waals surface area contributed by atoms with E-state index in [0.29, 0.717) is 52.4 Å². The van der Waals surface area contributed by atoms with Crippen LogP contribution in [0, 0.1) is 0 Å². The van der Waals surface area contributed by atoms with Crippen LogP contribution in [0.5, 0.6) is 0 Å². The molecule has 5 aromatic heterocycles. The molecule has 9 aromatic rings. The molecule has 0 radical (unpaired) electrons. The zero-order valence-electron chi connectivity index (χ0n) is 26.9. The Morgan fingerprint density at radius 3 is 1.39 bits per heavy atom. The van der Waals surface area contributed by atoms with Gasteiger partial charge in [-0.2, -0.15) is 0 Å². The number of imidazole rings is 3. The van der Waals surface area contributed by atoms with Crippen LogP contribution in [0.2, 0.25) is 0 Å². The third-order valence-electron chi connectivity index (χ3n) is 8.78. The van der Waals surface area contributed by atoms with Crippen LogP contribution in [0.1, 0.15) is 0 Å². The molecule has 1 aliphatic heterocycles. The Kier molecular flexibility index (Phi) is 6.55. The van der Waals surface area contributed by atoms with Gasteiger partial charge in [-0.1, -0.05) is 54.6 Å². The van der Waals surface area contributed by atoms with Gasteiger partial charge in [0.1, 0.15) is 17.5 Å². The standard InChI is InChI=1S/C39H26N12/c1-4-10-28(11-5-1)49-34(46-31-37(49)43-19-16-40-31)25-22-26(35-47-32-38(44-20-17-41-32)50(35)29-12-6-2-7-13-29)24-27(23-25)36-48-33-39(45-21-18-42-33)51(36)30-14-8-3-9-15-30/h1-20,22-24,45H,21H2. The molecule has 4 aromatic carbocycles. The fourth-order valence-corrected chi connectivity index (χ4v) is 6.62. The van der Waals surface area contributed by atoms with Crippen LogP contribution < -0.4 is 5.32 Å². The van der Waals surface area contributed by atoms with Crippen molar-refractivity contribution in [1.29, 1.82) is 0 Å². The van der Waals surface area contributed by atoms with E-state index < -0.39 is 0 Å². The maximum atomic E-state index is 5.11. The average Bonchev–Trinajstić information content (AvgIpc) is 3.91. The number of nitrogens with one attached hydrogen (secondary N) is 1. The number of nitrogens with zero attached hydrogens (tertiary/aromatic N) is 11. The molecule has 51 heavy (non-hydrogen) atoms. The molecule has 12 nitrogen and oxygen atoms in total. The van der Waals surface area contributed by atoms with Crippen LogP contribution in [0.4, 0.5) is 11.6 Å². The van der Waals surface area contributed by atoms with E-state index >= 15 is 0 Å². The molecule has 0 unspecified atom stereocenters. The fourth-order valence-electron chi connectivity index (χ4n) is 6.62. The number of hydrogen-bond donors (Lipinski definition) is 1. The SMILES string of the molecule is C1=Nc2nc(-c3cc(-c4nc5nccnc5n4-c4ccccc4)cc(-c4nc5nccnc5n4-c4ccccc4)c3)n(-c3ccccc3)c2NC1. The van der Waals surface area contributed by atoms with Crippen molar-refractivity contribution in [1.82, 2.24) is 48.6 Å². The highest BCUT2D eigenvalue weighted by molar-refractivity contribution is 5.87. The first-order valence-electron chi connectivity index (χ1n) is 16.4. The molecule has 0 fully saturated rings. The summed E-state index contributed by atoms with van der Waals surface area (Å²) in [6.45, 7) is 0.596. The van der Waals surface area contributed by atoms with E-state index in [1.165, 1.54) is 0 Å². The Morgan fingerprint density at radius 1 is 0.471 bits per heavy atom. The van der Waals surface area contributed by atoms with Gasteiger partial charge in [0.05, 0.1) is 6.54 Å². The summed E-state index contributed by atoms with van der Waals surface area (Å²) in [7, 11) is 0. The number of anilines is 1. The molecule has 242 valence electrons. The van der Waals surface area contributed by atoms with Crippen molar-refractivity contribution >= 4 is 40.4 Å². The predicted molar refractivity (Wildman–Crippen MR) is 197 cm³/mol. The molecule has 0 atom stereocenters. The first-order valence-corrected chi connectivity index (χ1v) is 16.4. The van der Waals surface area contributed by atoms with Gasteiger partial charge in [0.2, 0.25) is 0 Å². The van der Waals surface area contributed by atoms with Crippen LogP contribution in [-0.2, 0) is 0 Å². The van der Waals surface area contributed by atoms with Gasteiger partial charge in [0.15, 0.2) is 34.2 Å². The van der Waals surface area contributed by atoms with Crippen molar-refractivity contribution in [3.8, 4) is 51.2 Å². The number of para-hydroxylation sites is 3. The summed E-state index contributed by atoms with van der Waals surface area (Å²) in [6.07, 6.45) is 8.53. The lowest BCUT2D eigenvalue weighted by molar-refractivity contribution is 1.05. The normalized spacial score (nSPS) is 12.3. The van der Waals surface area contributed by atoms with Gasteiger partial charge >= 0.3 is 0 Å². The monoisotopic (exact) mass is 662 g/mol. The Morgan fingerprint density at radius 2 is 0.902 bits per heavy atom. The average molecular weight is 663 g/mol. The highest BCUT2D eigenvalue weighted by Gasteiger charge is 2.25. The predicted octanol–water partition coefficient (Wildman–Crippen LogP) is 7.26. The molecule has 1 aliphatic rings. The van der Waals surface area contributed by atoms with E-state index in [1.807, 2.05) is 94.2 Å². The number of fused-ring (bicyclic) bond motifs is 3. The van der Waals surface area contributed by atoms with Crippen molar-refractivity contribution in [2.45, 2.75) is 0 Å². The number of aromatic nitrogens is 10.